The summed E-state index contributed by atoms with van der Waals surface area (Å²) in [6.45, 7) is 0.362. The number of rotatable bonds is 6. The third-order valence-corrected chi connectivity index (χ3v) is 6.13. The van der Waals surface area contributed by atoms with Crippen molar-refractivity contribution < 1.29 is 14.3 Å². The minimum absolute atomic E-state index is 0.107. The van der Waals surface area contributed by atoms with Crippen molar-refractivity contribution in [2.45, 2.75) is 50.1 Å². The van der Waals surface area contributed by atoms with E-state index in [1.807, 2.05) is 35.2 Å². The van der Waals surface area contributed by atoms with Crippen molar-refractivity contribution in [1.82, 2.24) is 9.88 Å². The van der Waals surface area contributed by atoms with Gasteiger partial charge in [0.2, 0.25) is 5.91 Å². The summed E-state index contributed by atoms with van der Waals surface area (Å²) >= 11 is 7.89. The zero-order chi connectivity index (χ0) is 19.2. The number of methoxy groups -OCH3 is 1. The molecule has 0 aliphatic heterocycles. The number of hydrogen-bond donors (Lipinski definition) is 0. The molecule has 0 saturated heterocycles. The number of hydrogen-bond acceptors (Lipinski definition) is 5. The van der Waals surface area contributed by atoms with Gasteiger partial charge < -0.3 is 9.64 Å². The van der Waals surface area contributed by atoms with Gasteiger partial charge in [0.15, 0.2) is 5.69 Å². The van der Waals surface area contributed by atoms with Gasteiger partial charge in [0.25, 0.3) is 0 Å². The van der Waals surface area contributed by atoms with Crippen LogP contribution in [0.3, 0.4) is 0 Å². The first kappa shape index (κ1) is 19.8. The SMILES string of the molecule is COC(=O)c1csc(CN(C(=O)[C@H](Cl)c2ccccc2)C2CCCCC2)n1. The van der Waals surface area contributed by atoms with Crippen molar-refractivity contribution in [3.8, 4) is 0 Å². The van der Waals surface area contributed by atoms with Gasteiger partial charge in [0.1, 0.15) is 10.4 Å². The molecule has 3 rings (SSSR count). The lowest BCUT2D eigenvalue weighted by Gasteiger charge is -2.35. The van der Waals surface area contributed by atoms with Crippen LogP contribution in [0.15, 0.2) is 35.7 Å². The van der Waals surface area contributed by atoms with E-state index in [-0.39, 0.29) is 17.6 Å². The van der Waals surface area contributed by atoms with E-state index in [2.05, 4.69) is 4.98 Å². The molecule has 144 valence electrons. The predicted molar refractivity (Wildman–Crippen MR) is 106 cm³/mol. The highest BCUT2D eigenvalue weighted by Gasteiger charge is 2.31. The maximum atomic E-state index is 13.2. The van der Waals surface area contributed by atoms with Crippen LogP contribution in [0.2, 0.25) is 0 Å². The maximum absolute atomic E-state index is 13.2. The molecule has 1 saturated carbocycles. The number of esters is 1. The molecular formula is C20H23ClN2O3S. The number of alkyl halides is 1. The highest BCUT2D eigenvalue weighted by molar-refractivity contribution is 7.09. The number of halogens is 1. The van der Waals surface area contributed by atoms with E-state index in [9.17, 15) is 9.59 Å². The molecule has 0 radical (unpaired) electrons. The summed E-state index contributed by atoms with van der Waals surface area (Å²) in [6.07, 6.45) is 5.36. The van der Waals surface area contributed by atoms with Crippen LogP contribution in [0, 0.1) is 0 Å². The Labute approximate surface area is 168 Å². The van der Waals surface area contributed by atoms with Gasteiger partial charge in [0, 0.05) is 11.4 Å². The summed E-state index contributed by atoms with van der Waals surface area (Å²) in [4.78, 5) is 31.1. The predicted octanol–water partition coefficient (Wildman–Crippen LogP) is 4.57. The minimum atomic E-state index is -0.729. The van der Waals surface area contributed by atoms with Crippen molar-refractivity contribution in [2.75, 3.05) is 7.11 Å². The van der Waals surface area contributed by atoms with Crippen LogP contribution in [0.4, 0.5) is 0 Å². The van der Waals surface area contributed by atoms with Gasteiger partial charge in [-0.2, -0.15) is 0 Å². The first-order chi connectivity index (χ1) is 13.1. The van der Waals surface area contributed by atoms with E-state index in [4.69, 9.17) is 16.3 Å². The molecule has 0 N–H and O–H groups in total. The summed E-state index contributed by atoms with van der Waals surface area (Å²) in [5.74, 6) is -0.572. The van der Waals surface area contributed by atoms with E-state index >= 15 is 0 Å². The number of carbonyl (C=O) groups is 2. The lowest BCUT2D eigenvalue weighted by atomic mass is 9.93. The molecule has 1 heterocycles. The number of thiazole rings is 1. The maximum Gasteiger partial charge on any atom is 0.357 e. The summed E-state index contributed by atoms with van der Waals surface area (Å²) in [5.41, 5.74) is 1.07. The Morgan fingerprint density at radius 1 is 1.26 bits per heavy atom. The van der Waals surface area contributed by atoms with Gasteiger partial charge in [-0.15, -0.1) is 22.9 Å². The molecule has 1 atom stereocenters. The van der Waals surface area contributed by atoms with Crippen LogP contribution < -0.4 is 0 Å². The Bertz CT molecular complexity index is 775. The van der Waals surface area contributed by atoms with Crippen LogP contribution in [0.1, 0.15) is 58.5 Å². The van der Waals surface area contributed by atoms with Crippen LogP contribution in [-0.4, -0.2) is 34.9 Å². The number of ether oxygens (including phenoxy) is 1. The molecule has 1 aromatic carbocycles. The lowest BCUT2D eigenvalue weighted by molar-refractivity contribution is -0.134. The zero-order valence-electron chi connectivity index (χ0n) is 15.3. The fraction of sp³-hybridized carbons (Fsp3) is 0.450. The molecule has 1 fully saturated rings. The highest BCUT2D eigenvalue weighted by atomic mass is 35.5. The molecule has 1 aliphatic carbocycles. The molecule has 1 amide bonds. The van der Waals surface area contributed by atoms with E-state index in [1.165, 1.54) is 24.9 Å². The monoisotopic (exact) mass is 406 g/mol. The number of nitrogens with zero attached hydrogens (tertiary/aromatic N) is 2. The standard InChI is InChI=1S/C20H23ClN2O3S/c1-26-20(25)16-13-27-17(22-16)12-23(15-10-6-3-7-11-15)19(24)18(21)14-8-4-2-5-9-14/h2,4-5,8-9,13,15,18H,3,6-7,10-12H2,1H3/t18-/m1/s1. The van der Waals surface area contributed by atoms with Crippen LogP contribution in [0.25, 0.3) is 0 Å². The molecule has 7 heteroatoms. The fourth-order valence-electron chi connectivity index (χ4n) is 3.42. The minimum Gasteiger partial charge on any atom is -0.464 e. The number of aromatic nitrogens is 1. The Morgan fingerprint density at radius 3 is 2.63 bits per heavy atom. The first-order valence-corrected chi connectivity index (χ1v) is 10.4. The molecule has 5 nitrogen and oxygen atoms in total. The lowest BCUT2D eigenvalue weighted by Crippen LogP contribution is -2.42. The molecule has 2 aromatic rings. The van der Waals surface area contributed by atoms with Gasteiger partial charge in [-0.1, -0.05) is 49.6 Å². The average Bonchev–Trinajstić information content (AvgIpc) is 3.20. The summed E-state index contributed by atoms with van der Waals surface area (Å²) < 4.78 is 4.72. The van der Waals surface area contributed by atoms with Crippen LogP contribution in [0.5, 0.6) is 0 Å². The van der Waals surface area contributed by atoms with Crippen molar-refractivity contribution in [2.24, 2.45) is 0 Å². The first-order valence-electron chi connectivity index (χ1n) is 9.12. The van der Waals surface area contributed by atoms with Crippen LogP contribution >= 0.6 is 22.9 Å². The van der Waals surface area contributed by atoms with Crippen molar-refractivity contribution in [3.05, 3.63) is 52.0 Å². The number of benzene rings is 1. The Kier molecular flexibility index (Phi) is 6.85. The van der Waals surface area contributed by atoms with Gasteiger partial charge in [0.05, 0.1) is 13.7 Å². The van der Waals surface area contributed by atoms with E-state index in [1.54, 1.807) is 5.38 Å². The van der Waals surface area contributed by atoms with Crippen molar-refractivity contribution in [3.63, 3.8) is 0 Å². The zero-order valence-corrected chi connectivity index (χ0v) is 16.8. The Balaban J connectivity index is 1.81. The number of carbonyl (C=O) groups excluding carboxylic acids is 2. The smallest absolute Gasteiger partial charge is 0.357 e. The number of amides is 1. The molecule has 0 bridgehead atoms. The Morgan fingerprint density at radius 2 is 1.96 bits per heavy atom. The van der Waals surface area contributed by atoms with Gasteiger partial charge >= 0.3 is 5.97 Å². The Hall–Kier alpha value is -1.92. The second kappa shape index (κ2) is 9.33. The van der Waals surface area contributed by atoms with Crippen molar-refractivity contribution >= 4 is 34.8 Å². The average molecular weight is 407 g/mol. The van der Waals surface area contributed by atoms with Gasteiger partial charge in [-0.05, 0) is 18.4 Å². The van der Waals surface area contributed by atoms with E-state index < -0.39 is 11.3 Å². The summed E-state index contributed by atoms with van der Waals surface area (Å²) in [6, 6.07) is 9.56. The fourth-order valence-corrected chi connectivity index (χ4v) is 4.45. The quantitative estimate of drug-likeness (QED) is 0.520. The molecule has 0 spiro atoms. The topological polar surface area (TPSA) is 59.5 Å². The molecule has 1 aromatic heterocycles. The third-order valence-electron chi connectivity index (χ3n) is 4.86. The van der Waals surface area contributed by atoms with E-state index in [0.29, 0.717) is 11.6 Å². The van der Waals surface area contributed by atoms with E-state index in [0.717, 1.165) is 31.2 Å². The second-order valence-corrected chi connectivity index (χ2v) is 8.03. The van der Waals surface area contributed by atoms with Crippen molar-refractivity contribution in [1.29, 1.82) is 0 Å². The normalized spacial score (nSPS) is 15.9. The second-order valence-electron chi connectivity index (χ2n) is 6.65. The molecular weight excluding hydrogens is 384 g/mol. The third kappa shape index (κ3) is 4.87. The van der Waals surface area contributed by atoms with Gasteiger partial charge in [-0.25, -0.2) is 9.78 Å². The van der Waals surface area contributed by atoms with Crippen LogP contribution in [-0.2, 0) is 16.1 Å². The molecule has 1 aliphatic rings. The largest absolute Gasteiger partial charge is 0.464 e. The highest BCUT2D eigenvalue weighted by Crippen LogP contribution is 2.30. The molecule has 0 unspecified atom stereocenters. The summed E-state index contributed by atoms with van der Waals surface area (Å²) in [7, 11) is 1.33. The summed E-state index contributed by atoms with van der Waals surface area (Å²) in [5, 5.41) is 1.65. The van der Waals surface area contributed by atoms with Gasteiger partial charge in [-0.3, -0.25) is 4.79 Å². The molecule has 27 heavy (non-hydrogen) atoms.